The summed E-state index contributed by atoms with van der Waals surface area (Å²) in [5.74, 6) is 0.497. The maximum absolute atomic E-state index is 13.0. The lowest BCUT2D eigenvalue weighted by atomic mass is 9.97. The lowest BCUT2D eigenvalue weighted by molar-refractivity contribution is -0.120. The van der Waals surface area contributed by atoms with Crippen molar-refractivity contribution in [2.45, 2.75) is 52.4 Å². The standard InChI is InChI=1S/C22H29N3O2S/c1-4-20(26)23-10-9-18-14-28-21(24-18)17-6-5-11-25(13-17)22(27)19-8-7-15(2)12-16(19)3/h7-8,12,14,17H,4-6,9-11,13H2,1-3H3,(H,23,26)/t17-/m1/s1. The highest BCUT2D eigenvalue weighted by atomic mass is 32.1. The summed E-state index contributed by atoms with van der Waals surface area (Å²) in [5.41, 5.74) is 4.04. The van der Waals surface area contributed by atoms with Gasteiger partial charge in [0, 0.05) is 49.3 Å². The Kier molecular flexibility index (Phi) is 6.83. The summed E-state index contributed by atoms with van der Waals surface area (Å²) >= 11 is 1.67. The Morgan fingerprint density at radius 1 is 1.32 bits per heavy atom. The number of carbonyl (C=O) groups excluding carboxylic acids is 2. The largest absolute Gasteiger partial charge is 0.356 e. The highest BCUT2D eigenvalue weighted by Crippen LogP contribution is 2.30. The molecule has 2 heterocycles. The van der Waals surface area contributed by atoms with Crippen molar-refractivity contribution in [3.05, 3.63) is 51.0 Å². The molecular formula is C22H29N3O2S. The minimum absolute atomic E-state index is 0.0725. The van der Waals surface area contributed by atoms with Gasteiger partial charge in [-0.05, 0) is 38.3 Å². The van der Waals surface area contributed by atoms with Gasteiger partial charge in [-0.2, -0.15) is 0 Å². The maximum atomic E-state index is 13.0. The lowest BCUT2D eigenvalue weighted by Crippen LogP contribution is -2.39. The molecule has 1 aromatic carbocycles. The van der Waals surface area contributed by atoms with E-state index in [0.717, 1.165) is 54.2 Å². The van der Waals surface area contributed by atoms with E-state index in [1.165, 1.54) is 5.56 Å². The third kappa shape index (κ3) is 4.98. The Hall–Kier alpha value is -2.21. The topological polar surface area (TPSA) is 62.3 Å². The van der Waals surface area contributed by atoms with E-state index < -0.39 is 0 Å². The number of likely N-dealkylation sites (tertiary alicyclic amines) is 1. The molecule has 1 aliphatic heterocycles. The van der Waals surface area contributed by atoms with Crippen LogP contribution in [0.4, 0.5) is 0 Å². The number of thiazole rings is 1. The predicted octanol–water partition coefficient (Wildman–Crippen LogP) is 3.85. The number of hydrogen-bond acceptors (Lipinski definition) is 4. The van der Waals surface area contributed by atoms with Crippen LogP contribution in [-0.4, -0.2) is 41.3 Å². The zero-order chi connectivity index (χ0) is 20.1. The van der Waals surface area contributed by atoms with Gasteiger partial charge in [0.25, 0.3) is 5.91 Å². The van der Waals surface area contributed by atoms with Crippen LogP contribution < -0.4 is 5.32 Å². The molecule has 0 bridgehead atoms. The van der Waals surface area contributed by atoms with Gasteiger partial charge in [-0.3, -0.25) is 9.59 Å². The number of amides is 2. The first-order valence-electron chi connectivity index (χ1n) is 10.1. The van der Waals surface area contributed by atoms with Crippen molar-refractivity contribution in [2.75, 3.05) is 19.6 Å². The van der Waals surface area contributed by atoms with E-state index in [0.29, 0.717) is 18.9 Å². The molecule has 0 saturated carbocycles. The van der Waals surface area contributed by atoms with E-state index in [2.05, 4.69) is 16.8 Å². The molecule has 1 N–H and O–H groups in total. The number of carbonyl (C=O) groups is 2. The van der Waals surface area contributed by atoms with E-state index in [1.54, 1.807) is 11.3 Å². The summed E-state index contributed by atoms with van der Waals surface area (Å²) in [6.45, 7) is 8.07. The molecule has 2 aromatic rings. The van der Waals surface area contributed by atoms with Crippen LogP contribution in [-0.2, 0) is 11.2 Å². The normalized spacial score (nSPS) is 16.8. The maximum Gasteiger partial charge on any atom is 0.254 e. The third-order valence-corrected chi connectivity index (χ3v) is 6.32. The van der Waals surface area contributed by atoms with Gasteiger partial charge < -0.3 is 10.2 Å². The number of benzene rings is 1. The molecule has 150 valence electrons. The summed E-state index contributed by atoms with van der Waals surface area (Å²) in [4.78, 5) is 31.1. The first kappa shape index (κ1) is 20.5. The molecule has 0 spiro atoms. The highest BCUT2D eigenvalue weighted by molar-refractivity contribution is 7.09. The molecule has 0 aliphatic carbocycles. The lowest BCUT2D eigenvalue weighted by Gasteiger charge is -2.32. The van der Waals surface area contributed by atoms with Gasteiger partial charge in [-0.1, -0.05) is 24.6 Å². The van der Waals surface area contributed by atoms with Crippen molar-refractivity contribution < 1.29 is 9.59 Å². The number of aromatic nitrogens is 1. The van der Waals surface area contributed by atoms with Crippen LogP contribution in [0.5, 0.6) is 0 Å². The SMILES string of the molecule is CCC(=O)NCCc1csc([C@@H]2CCCN(C(=O)c3ccc(C)cc3C)C2)n1. The molecule has 3 rings (SSSR count). The third-order valence-electron chi connectivity index (χ3n) is 5.26. The highest BCUT2D eigenvalue weighted by Gasteiger charge is 2.27. The smallest absolute Gasteiger partial charge is 0.254 e. The molecular weight excluding hydrogens is 370 g/mol. The average molecular weight is 400 g/mol. The monoisotopic (exact) mass is 399 g/mol. The van der Waals surface area contributed by atoms with Crippen LogP contribution in [0.15, 0.2) is 23.6 Å². The van der Waals surface area contributed by atoms with Gasteiger partial charge in [-0.15, -0.1) is 11.3 Å². The van der Waals surface area contributed by atoms with Gasteiger partial charge in [0.2, 0.25) is 5.91 Å². The van der Waals surface area contributed by atoms with Crippen molar-refractivity contribution in [3.8, 4) is 0 Å². The van der Waals surface area contributed by atoms with E-state index in [4.69, 9.17) is 4.98 Å². The van der Waals surface area contributed by atoms with E-state index in [9.17, 15) is 9.59 Å². The zero-order valence-electron chi connectivity index (χ0n) is 17.0. The van der Waals surface area contributed by atoms with Gasteiger partial charge in [0.05, 0.1) is 10.7 Å². The first-order valence-corrected chi connectivity index (χ1v) is 10.9. The molecule has 6 heteroatoms. The number of aryl methyl sites for hydroxylation is 2. The Labute approximate surface area is 171 Å². The van der Waals surface area contributed by atoms with Crippen molar-refractivity contribution in [1.29, 1.82) is 0 Å². The molecule has 1 saturated heterocycles. The van der Waals surface area contributed by atoms with Gasteiger partial charge in [0.1, 0.15) is 0 Å². The fourth-order valence-electron chi connectivity index (χ4n) is 3.67. The second-order valence-corrected chi connectivity index (χ2v) is 8.43. The summed E-state index contributed by atoms with van der Waals surface area (Å²) in [6.07, 6.45) is 3.33. The second kappa shape index (κ2) is 9.32. The molecule has 5 nitrogen and oxygen atoms in total. The fraction of sp³-hybridized carbons (Fsp3) is 0.500. The molecule has 1 atom stereocenters. The van der Waals surface area contributed by atoms with Gasteiger partial charge >= 0.3 is 0 Å². The molecule has 0 unspecified atom stereocenters. The fourth-order valence-corrected chi connectivity index (χ4v) is 4.65. The Morgan fingerprint density at radius 2 is 2.14 bits per heavy atom. The van der Waals surface area contributed by atoms with Crippen LogP contribution in [0.25, 0.3) is 0 Å². The second-order valence-electron chi connectivity index (χ2n) is 7.54. The molecule has 1 aromatic heterocycles. The Bertz CT molecular complexity index is 846. The summed E-state index contributed by atoms with van der Waals surface area (Å²) < 4.78 is 0. The number of hydrogen-bond donors (Lipinski definition) is 1. The first-order chi connectivity index (χ1) is 13.5. The molecule has 28 heavy (non-hydrogen) atoms. The minimum Gasteiger partial charge on any atom is -0.356 e. The quantitative estimate of drug-likeness (QED) is 0.803. The number of rotatable bonds is 6. The Balaban J connectivity index is 1.62. The van der Waals surface area contributed by atoms with Crippen molar-refractivity contribution >= 4 is 23.2 Å². The van der Waals surface area contributed by atoms with Crippen LogP contribution in [0, 0.1) is 13.8 Å². The van der Waals surface area contributed by atoms with Crippen LogP contribution >= 0.6 is 11.3 Å². The van der Waals surface area contributed by atoms with Crippen LogP contribution in [0.1, 0.15) is 64.3 Å². The number of nitrogens with one attached hydrogen (secondary N) is 1. The van der Waals surface area contributed by atoms with Crippen LogP contribution in [0.3, 0.4) is 0 Å². The molecule has 1 fully saturated rings. The number of piperidine rings is 1. The molecule has 2 amide bonds. The summed E-state index contributed by atoms with van der Waals surface area (Å²) in [7, 11) is 0. The van der Waals surface area contributed by atoms with E-state index >= 15 is 0 Å². The molecule has 1 aliphatic rings. The summed E-state index contributed by atoms with van der Waals surface area (Å²) in [5, 5.41) is 6.08. The van der Waals surface area contributed by atoms with Gasteiger partial charge in [0.15, 0.2) is 0 Å². The van der Waals surface area contributed by atoms with Crippen LogP contribution in [0.2, 0.25) is 0 Å². The van der Waals surface area contributed by atoms with Crippen molar-refractivity contribution in [1.82, 2.24) is 15.2 Å². The number of nitrogens with zero attached hydrogens (tertiary/aromatic N) is 2. The van der Waals surface area contributed by atoms with Gasteiger partial charge in [-0.25, -0.2) is 4.98 Å². The zero-order valence-corrected chi connectivity index (χ0v) is 17.8. The average Bonchev–Trinajstić information content (AvgIpc) is 3.16. The van der Waals surface area contributed by atoms with Crippen molar-refractivity contribution in [2.24, 2.45) is 0 Å². The van der Waals surface area contributed by atoms with Crippen molar-refractivity contribution in [3.63, 3.8) is 0 Å². The predicted molar refractivity (Wildman–Crippen MR) is 113 cm³/mol. The minimum atomic E-state index is 0.0725. The van der Waals surface area contributed by atoms with E-state index in [1.807, 2.05) is 37.8 Å². The summed E-state index contributed by atoms with van der Waals surface area (Å²) in [6, 6.07) is 6.02. The Morgan fingerprint density at radius 3 is 2.89 bits per heavy atom. The van der Waals surface area contributed by atoms with E-state index in [-0.39, 0.29) is 11.8 Å². The molecule has 0 radical (unpaired) electrons.